The van der Waals surface area contributed by atoms with Crippen molar-refractivity contribution in [3.05, 3.63) is 30.1 Å². The zero-order valence-electron chi connectivity index (χ0n) is 11.3. The monoisotopic (exact) mass is 271 g/mol. The Morgan fingerprint density at radius 1 is 1.44 bits per heavy atom. The van der Waals surface area contributed by atoms with Gasteiger partial charge in [0.1, 0.15) is 0 Å². The van der Waals surface area contributed by atoms with E-state index in [-0.39, 0.29) is 29.8 Å². The average molecular weight is 272 g/mol. The lowest BCUT2D eigenvalue weighted by Crippen LogP contribution is -2.49. The molecule has 1 rings (SSSR count). The Hall–Kier alpha value is -1.13. The summed E-state index contributed by atoms with van der Waals surface area (Å²) in [5.41, 5.74) is 6.63. The number of hydrogen-bond acceptors (Lipinski definition) is 3. The van der Waals surface area contributed by atoms with Gasteiger partial charge in [-0.1, -0.05) is 26.8 Å². The van der Waals surface area contributed by atoms with Crippen molar-refractivity contribution in [2.24, 2.45) is 11.1 Å². The molecule has 102 valence electrons. The number of hydrogen-bond donors (Lipinski definition) is 2. The highest BCUT2D eigenvalue weighted by Gasteiger charge is 2.28. The van der Waals surface area contributed by atoms with Gasteiger partial charge < -0.3 is 11.1 Å². The van der Waals surface area contributed by atoms with E-state index in [0.29, 0.717) is 0 Å². The van der Waals surface area contributed by atoms with Crippen molar-refractivity contribution >= 4 is 18.3 Å². The van der Waals surface area contributed by atoms with E-state index in [1.54, 1.807) is 12.4 Å². The molecule has 1 aromatic heterocycles. The summed E-state index contributed by atoms with van der Waals surface area (Å²) in [7, 11) is 0. The third-order valence-corrected chi connectivity index (χ3v) is 2.76. The van der Waals surface area contributed by atoms with Crippen LogP contribution in [0.3, 0.4) is 0 Å². The number of pyridine rings is 1. The van der Waals surface area contributed by atoms with Gasteiger partial charge in [-0.2, -0.15) is 0 Å². The molecule has 0 fully saturated rings. The van der Waals surface area contributed by atoms with E-state index in [1.165, 1.54) is 0 Å². The Kier molecular flexibility index (Phi) is 6.29. The molecule has 1 amide bonds. The van der Waals surface area contributed by atoms with Crippen molar-refractivity contribution in [1.82, 2.24) is 10.3 Å². The number of halogens is 1. The maximum atomic E-state index is 11.9. The summed E-state index contributed by atoms with van der Waals surface area (Å²) in [6.45, 7) is 7.77. The molecule has 2 atom stereocenters. The standard InChI is InChI=1S/C13H21N3O.ClH/c1-9(10-6-5-7-15-8-10)16-12(17)11(14)13(2,3)4;/h5-9,11H,14H2,1-4H3,(H,16,17);1H/t9?,11-;/m1./s1. The number of nitrogens with zero attached hydrogens (tertiary/aromatic N) is 1. The van der Waals surface area contributed by atoms with E-state index in [4.69, 9.17) is 5.73 Å². The number of rotatable bonds is 3. The van der Waals surface area contributed by atoms with Gasteiger partial charge >= 0.3 is 0 Å². The minimum Gasteiger partial charge on any atom is -0.348 e. The van der Waals surface area contributed by atoms with E-state index in [1.807, 2.05) is 39.8 Å². The molecule has 5 heteroatoms. The van der Waals surface area contributed by atoms with Gasteiger partial charge in [-0.05, 0) is 24.0 Å². The van der Waals surface area contributed by atoms with Crippen molar-refractivity contribution in [2.45, 2.75) is 39.8 Å². The lowest BCUT2D eigenvalue weighted by Gasteiger charge is -2.27. The van der Waals surface area contributed by atoms with Crippen LogP contribution in [-0.2, 0) is 4.79 Å². The van der Waals surface area contributed by atoms with Crippen molar-refractivity contribution in [3.63, 3.8) is 0 Å². The molecule has 0 aromatic carbocycles. The molecular formula is C13H22ClN3O. The van der Waals surface area contributed by atoms with Crippen LogP contribution in [0.2, 0.25) is 0 Å². The van der Waals surface area contributed by atoms with Gasteiger partial charge in [0.2, 0.25) is 5.91 Å². The largest absolute Gasteiger partial charge is 0.348 e. The topological polar surface area (TPSA) is 68.0 Å². The summed E-state index contributed by atoms with van der Waals surface area (Å²) in [5.74, 6) is -0.131. The van der Waals surface area contributed by atoms with Gasteiger partial charge in [-0.25, -0.2) is 0 Å². The van der Waals surface area contributed by atoms with E-state index in [2.05, 4.69) is 10.3 Å². The van der Waals surface area contributed by atoms with Gasteiger partial charge in [0.25, 0.3) is 0 Å². The quantitative estimate of drug-likeness (QED) is 0.884. The summed E-state index contributed by atoms with van der Waals surface area (Å²) < 4.78 is 0. The first-order chi connectivity index (χ1) is 7.82. The van der Waals surface area contributed by atoms with Crippen LogP contribution in [0.1, 0.15) is 39.3 Å². The van der Waals surface area contributed by atoms with Crippen LogP contribution in [0.25, 0.3) is 0 Å². The van der Waals surface area contributed by atoms with Crippen molar-refractivity contribution in [2.75, 3.05) is 0 Å². The van der Waals surface area contributed by atoms with Crippen LogP contribution in [0.4, 0.5) is 0 Å². The molecule has 0 saturated carbocycles. The van der Waals surface area contributed by atoms with E-state index in [9.17, 15) is 4.79 Å². The first-order valence-corrected chi connectivity index (χ1v) is 5.78. The zero-order valence-corrected chi connectivity index (χ0v) is 12.1. The Balaban J connectivity index is 0.00000289. The Labute approximate surface area is 115 Å². The van der Waals surface area contributed by atoms with E-state index < -0.39 is 6.04 Å². The van der Waals surface area contributed by atoms with Crippen molar-refractivity contribution in [1.29, 1.82) is 0 Å². The molecule has 0 bridgehead atoms. The molecule has 0 spiro atoms. The normalized spacial score (nSPS) is 14.3. The highest BCUT2D eigenvalue weighted by atomic mass is 35.5. The maximum Gasteiger partial charge on any atom is 0.237 e. The average Bonchev–Trinajstić information content (AvgIpc) is 2.27. The fraction of sp³-hybridized carbons (Fsp3) is 0.538. The highest BCUT2D eigenvalue weighted by Crippen LogP contribution is 2.18. The summed E-state index contributed by atoms with van der Waals surface area (Å²) in [5, 5.41) is 2.90. The van der Waals surface area contributed by atoms with Gasteiger partial charge in [0.05, 0.1) is 12.1 Å². The number of carbonyl (C=O) groups excluding carboxylic acids is 1. The Morgan fingerprint density at radius 3 is 2.50 bits per heavy atom. The van der Waals surface area contributed by atoms with E-state index >= 15 is 0 Å². The second kappa shape index (κ2) is 6.71. The lowest BCUT2D eigenvalue weighted by molar-refractivity contribution is -0.125. The van der Waals surface area contributed by atoms with Crippen LogP contribution in [-0.4, -0.2) is 16.9 Å². The molecule has 0 radical (unpaired) electrons. The third-order valence-electron chi connectivity index (χ3n) is 2.76. The minimum atomic E-state index is -0.512. The molecule has 3 N–H and O–H groups in total. The molecule has 1 heterocycles. The fourth-order valence-corrected chi connectivity index (χ4v) is 1.41. The molecule has 0 aliphatic heterocycles. The summed E-state index contributed by atoms with van der Waals surface area (Å²) in [6.07, 6.45) is 3.45. The number of amides is 1. The smallest absolute Gasteiger partial charge is 0.237 e. The maximum absolute atomic E-state index is 11.9. The van der Waals surface area contributed by atoms with Crippen molar-refractivity contribution < 1.29 is 4.79 Å². The molecule has 4 nitrogen and oxygen atoms in total. The predicted octanol–water partition coefficient (Wildman–Crippen LogP) is 2.05. The second-order valence-electron chi connectivity index (χ2n) is 5.36. The van der Waals surface area contributed by atoms with Crippen LogP contribution >= 0.6 is 12.4 Å². The van der Waals surface area contributed by atoms with Gasteiger partial charge in [0.15, 0.2) is 0 Å². The number of aromatic nitrogens is 1. The van der Waals surface area contributed by atoms with Gasteiger partial charge in [0, 0.05) is 12.4 Å². The molecule has 1 aromatic rings. The van der Waals surface area contributed by atoms with Crippen molar-refractivity contribution in [3.8, 4) is 0 Å². The summed E-state index contributed by atoms with van der Waals surface area (Å²) in [6, 6.07) is 3.19. The van der Waals surface area contributed by atoms with Crippen LogP contribution in [0.15, 0.2) is 24.5 Å². The molecule has 1 unspecified atom stereocenters. The molecule has 0 aliphatic rings. The number of nitrogens with one attached hydrogen (secondary N) is 1. The molecule has 0 aliphatic carbocycles. The van der Waals surface area contributed by atoms with Gasteiger partial charge in [-0.3, -0.25) is 9.78 Å². The summed E-state index contributed by atoms with van der Waals surface area (Å²) >= 11 is 0. The zero-order chi connectivity index (χ0) is 13.1. The predicted molar refractivity (Wildman–Crippen MR) is 75.5 cm³/mol. The SMILES string of the molecule is CC(NC(=O)[C@@H](N)C(C)(C)C)c1cccnc1.Cl. The fourth-order valence-electron chi connectivity index (χ4n) is 1.41. The van der Waals surface area contributed by atoms with E-state index in [0.717, 1.165) is 5.56 Å². The molecular weight excluding hydrogens is 250 g/mol. The summed E-state index contributed by atoms with van der Waals surface area (Å²) in [4.78, 5) is 15.9. The first-order valence-electron chi connectivity index (χ1n) is 5.78. The second-order valence-corrected chi connectivity index (χ2v) is 5.36. The molecule has 18 heavy (non-hydrogen) atoms. The minimum absolute atomic E-state index is 0. The third kappa shape index (κ3) is 4.63. The highest BCUT2D eigenvalue weighted by molar-refractivity contribution is 5.85. The lowest BCUT2D eigenvalue weighted by atomic mass is 9.87. The van der Waals surface area contributed by atoms with Crippen LogP contribution < -0.4 is 11.1 Å². The molecule has 0 saturated heterocycles. The Morgan fingerprint density at radius 2 is 2.06 bits per heavy atom. The number of nitrogens with two attached hydrogens (primary N) is 1. The van der Waals surface area contributed by atoms with Crippen LogP contribution in [0.5, 0.6) is 0 Å². The Bertz CT molecular complexity index is 376. The van der Waals surface area contributed by atoms with Crippen LogP contribution in [0, 0.1) is 5.41 Å². The first kappa shape index (κ1) is 16.9. The van der Waals surface area contributed by atoms with Gasteiger partial charge in [-0.15, -0.1) is 12.4 Å². The number of carbonyl (C=O) groups is 1.